The smallest absolute Gasteiger partial charge is 0.337 e. The predicted octanol–water partition coefficient (Wildman–Crippen LogP) is 5.67. The van der Waals surface area contributed by atoms with Crippen molar-refractivity contribution in [1.29, 1.82) is 5.41 Å². The number of rotatable bonds is 9. The molecule has 3 aromatic carbocycles. The van der Waals surface area contributed by atoms with Gasteiger partial charge in [0.15, 0.2) is 0 Å². The highest BCUT2D eigenvalue weighted by Crippen LogP contribution is 2.16. The quantitative estimate of drug-likeness (QED) is 0.148. The van der Waals surface area contributed by atoms with Crippen LogP contribution in [0.1, 0.15) is 52.9 Å². The molecule has 0 heterocycles. The van der Waals surface area contributed by atoms with Crippen LogP contribution >= 0.6 is 0 Å². The van der Waals surface area contributed by atoms with Crippen molar-refractivity contribution < 1.29 is 14.3 Å². The Kier molecular flexibility index (Phi) is 12.2. The van der Waals surface area contributed by atoms with Crippen molar-refractivity contribution in [2.24, 2.45) is 10.7 Å². The average molecular weight is 513 g/mol. The second-order valence-electron chi connectivity index (χ2n) is 8.65. The highest BCUT2D eigenvalue weighted by atomic mass is 16.5. The molecule has 4 N–H and O–H groups in total. The molecule has 0 radical (unpaired) electrons. The molecule has 0 atom stereocenters. The van der Waals surface area contributed by atoms with E-state index in [9.17, 15) is 9.59 Å². The summed E-state index contributed by atoms with van der Waals surface area (Å²) in [7, 11) is 1.33. The number of hydrogen-bond donors (Lipinski definition) is 3. The summed E-state index contributed by atoms with van der Waals surface area (Å²) in [6.07, 6.45) is 4.85. The third kappa shape index (κ3) is 10.2. The Balaban J connectivity index is 0.000000384. The van der Waals surface area contributed by atoms with Crippen molar-refractivity contribution in [3.05, 3.63) is 113 Å². The van der Waals surface area contributed by atoms with Crippen LogP contribution < -0.4 is 11.1 Å². The van der Waals surface area contributed by atoms with Crippen LogP contribution in [0.5, 0.6) is 0 Å². The number of hydrogen-bond acceptors (Lipinski definition) is 5. The largest absolute Gasteiger partial charge is 0.465 e. The molecule has 7 nitrogen and oxygen atoms in total. The zero-order valence-corrected chi connectivity index (χ0v) is 22.5. The molecular formula is C31H36N4O3. The Morgan fingerprint density at radius 3 is 2.29 bits per heavy atom. The number of carbonyl (C=O) groups excluding carboxylic acids is 2. The lowest BCUT2D eigenvalue weighted by atomic mass is 10.0. The molecule has 0 saturated heterocycles. The van der Waals surface area contributed by atoms with Crippen LogP contribution in [-0.2, 0) is 22.5 Å². The minimum atomic E-state index is -0.415. The second kappa shape index (κ2) is 15.6. The molecule has 198 valence electrons. The molecule has 0 aromatic heterocycles. The van der Waals surface area contributed by atoms with Crippen molar-refractivity contribution in [2.45, 2.75) is 40.2 Å². The predicted molar refractivity (Wildman–Crippen MR) is 154 cm³/mol. The van der Waals surface area contributed by atoms with Crippen molar-refractivity contribution >= 4 is 29.1 Å². The number of amidine groups is 1. The van der Waals surface area contributed by atoms with E-state index >= 15 is 0 Å². The number of nitrogens with two attached hydrogens (primary N) is 1. The van der Waals surface area contributed by atoms with Gasteiger partial charge in [-0.3, -0.25) is 4.79 Å². The van der Waals surface area contributed by atoms with Crippen LogP contribution in [0.15, 0.2) is 89.9 Å². The van der Waals surface area contributed by atoms with Crippen molar-refractivity contribution in [3.63, 3.8) is 0 Å². The molecule has 0 aliphatic heterocycles. The highest BCUT2D eigenvalue weighted by molar-refractivity contribution is 6.09. The number of methoxy groups -OCH3 is 1. The Morgan fingerprint density at radius 2 is 1.63 bits per heavy atom. The number of para-hydroxylation sites is 1. The fourth-order valence-corrected chi connectivity index (χ4v) is 3.49. The molecule has 0 aliphatic carbocycles. The zero-order valence-electron chi connectivity index (χ0n) is 22.5. The SMILES string of the molecule is CC(N)=Nc1ccccc1C.CCCc1cccc(C(=N)/C=C\C(=O)NCc2cccc(C(=O)OC)c2)c1. The topological polar surface area (TPSA) is 118 Å². The highest BCUT2D eigenvalue weighted by Gasteiger charge is 2.06. The van der Waals surface area contributed by atoms with Crippen molar-refractivity contribution in [3.8, 4) is 0 Å². The zero-order chi connectivity index (χ0) is 27.9. The molecule has 0 saturated carbocycles. The van der Waals surface area contributed by atoms with Crippen LogP contribution in [0.25, 0.3) is 0 Å². The van der Waals surface area contributed by atoms with Crippen LogP contribution in [0, 0.1) is 12.3 Å². The van der Waals surface area contributed by atoms with E-state index in [4.69, 9.17) is 11.1 Å². The van der Waals surface area contributed by atoms with Gasteiger partial charge in [0.05, 0.1) is 29.9 Å². The number of allylic oxidation sites excluding steroid dienone is 1. The number of carbonyl (C=O) groups is 2. The number of nitrogens with zero attached hydrogens (tertiary/aromatic N) is 1. The van der Waals surface area contributed by atoms with Gasteiger partial charge in [0, 0.05) is 12.6 Å². The minimum Gasteiger partial charge on any atom is -0.465 e. The Bertz CT molecular complexity index is 1310. The number of esters is 1. The van der Waals surface area contributed by atoms with Gasteiger partial charge in [-0.1, -0.05) is 61.9 Å². The molecule has 0 aliphatic rings. The Morgan fingerprint density at radius 1 is 0.974 bits per heavy atom. The minimum absolute atomic E-state index is 0.285. The maximum absolute atomic E-state index is 12.0. The monoisotopic (exact) mass is 512 g/mol. The first-order valence-corrected chi connectivity index (χ1v) is 12.4. The summed E-state index contributed by atoms with van der Waals surface area (Å²) in [4.78, 5) is 27.7. The van der Waals surface area contributed by atoms with E-state index in [-0.39, 0.29) is 18.2 Å². The normalized spacial score (nSPS) is 10.9. The van der Waals surface area contributed by atoms with Gasteiger partial charge in [0.1, 0.15) is 0 Å². The maximum atomic E-state index is 12.0. The van der Waals surface area contributed by atoms with E-state index in [0.29, 0.717) is 11.4 Å². The van der Waals surface area contributed by atoms with E-state index < -0.39 is 5.97 Å². The summed E-state index contributed by atoms with van der Waals surface area (Å²) in [5, 5.41) is 10.9. The van der Waals surface area contributed by atoms with Gasteiger partial charge in [0.25, 0.3) is 0 Å². The molecular weight excluding hydrogens is 476 g/mol. The summed E-state index contributed by atoms with van der Waals surface area (Å²) >= 11 is 0. The lowest BCUT2D eigenvalue weighted by Crippen LogP contribution is -2.20. The Labute approximate surface area is 225 Å². The van der Waals surface area contributed by atoms with E-state index in [2.05, 4.69) is 22.0 Å². The molecule has 7 heteroatoms. The molecule has 3 rings (SSSR count). The lowest BCUT2D eigenvalue weighted by molar-refractivity contribution is -0.116. The summed E-state index contributed by atoms with van der Waals surface area (Å²) in [5.41, 5.74) is 11.0. The second-order valence-corrected chi connectivity index (χ2v) is 8.65. The van der Waals surface area contributed by atoms with E-state index in [1.165, 1.54) is 24.8 Å². The molecule has 38 heavy (non-hydrogen) atoms. The number of ether oxygens (including phenoxy) is 1. The average Bonchev–Trinajstić information content (AvgIpc) is 2.92. The lowest BCUT2D eigenvalue weighted by Gasteiger charge is -2.05. The first-order valence-electron chi connectivity index (χ1n) is 12.4. The standard InChI is InChI=1S/C22H24N2O3.C9H12N2/c1-3-6-16-7-4-9-18(13-16)20(23)11-12-21(25)24-15-17-8-5-10-19(14-17)22(26)27-2;1-7-5-3-4-6-9(7)11-8(2)10/h4-5,7-14,23H,3,6,15H2,1-2H3,(H,24,25);3-6H,1-2H3,(H2,10,11)/b12-11-,23-20?;. The Hall–Kier alpha value is -4.52. The van der Waals surface area contributed by atoms with Crippen molar-refractivity contribution in [2.75, 3.05) is 7.11 Å². The summed E-state index contributed by atoms with van der Waals surface area (Å²) in [6, 6.07) is 22.6. The van der Waals surface area contributed by atoms with Gasteiger partial charge in [-0.25, -0.2) is 9.79 Å². The van der Waals surface area contributed by atoms with E-state index in [0.717, 1.165) is 35.2 Å². The number of aryl methyl sites for hydroxylation is 2. The number of aliphatic imine (C=N–C) groups is 1. The third-order valence-corrected chi connectivity index (χ3v) is 5.41. The first-order chi connectivity index (χ1) is 18.2. The van der Waals surface area contributed by atoms with Crippen molar-refractivity contribution in [1.82, 2.24) is 5.32 Å². The molecule has 0 spiro atoms. The summed E-state index contributed by atoms with van der Waals surface area (Å²) in [6.45, 7) is 6.20. The van der Waals surface area contributed by atoms with Crippen LogP contribution in [0.2, 0.25) is 0 Å². The number of benzene rings is 3. The number of nitrogens with one attached hydrogen (secondary N) is 2. The maximum Gasteiger partial charge on any atom is 0.337 e. The van der Waals surface area contributed by atoms with Gasteiger partial charge < -0.3 is 21.2 Å². The van der Waals surface area contributed by atoms with Gasteiger partial charge in [0.2, 0.25) is 5.91 Å². The van der Waals surface area contributed by atoms with Gasteiger partial charge in [-0.15, -0.1) is 0 Å². The van der Waals surface area contributed by atoms with Gasteiger partial charge >= 0.3 is 5.97 Å². The van der Waals surface area contributed by atoms with Crippen LogP contribution in [0.3, 0.4) is 0 Å². The first kappa shape index (κ1) is 29.7. The van der Waals surface area contributed by atoms with Gasteiger partial charge in [-0.05, 0) is 72.9 Å². The molecule has 0 bridgehead atoms. The fourth-order valence-electron chi connectivity index (χ4n) is 3.49. The van der Waals surface area contributed by atoms with E-state index in [1.807, 2.05) is 61.5 Å². The third-order valence-electron chi connectivity index (χ3n) is 5.41. The van der Waals surface area contributed by atoms with Crippen LogP contribution in [-0.4, -0.2) is 30.5 Å². The van der Waals surface area contributed by atoms with E-state index in [1.54, 1.807) is 25.1 Å². The molecule has 1 amide bonds. The summed E-state index contributed by atoms with van der Waals surface area (Å²) in [5.74, 6) is -0.117. The molecule has 0 fully saturated rings. The molecule has 3 aromatic rings. The van der Waals surface area contributed by atoms with Gasteiger partial charge in [-0.2, -0.15) is 0 Å². The summed E-state index contributed by atoms with van der Waals surface area (Å²) < 4.78 is 4.69. The fraction of sp³-hybridized carbons (Fsp3) is 0.226. The molecule has 0 unspecified atom stereocenters. The number of amides is 1. The van der Waals surface area contributed by atoms with Crippen LogP contribution in [0.4, 0.5) is 5.69 Å².